The molecule has 4 heterocycles. The van der Waals surface area contributed by atoms with Crippen molar-refractivity contribution in [2.45, 2.75) is 32.9 Å². The Bertz CT molecular complexity index is 2110. The van der Waals surface area contributed by atoms with Crippen LogP contribution in [0, 0.1) is 11.3 Å². The van der Waals surface area contributed by atoms with Gasteiger partial charge in [0.25, 0.3) is 5.56 Å². The topological polar surface area (TPSA) is 202 Å². The Balaban J connectivity index is 1.79. The zero-order chi connectivity index (χ0) is 31.1. The molecule has 1 amide bonds. The van der Waals surface area contributed by atoms with Gasteiger partial charge in [0.05, 0.1) is 39.3 Å². The van der Waals surface area contributed by atoms with Crippen molar-refractivity contribution in [3.05, 3.63) is 87.3 Å². The molecule has 0 aliphatic heterocycles. The minimum Gasteiger partial charge on any atom is -0.311 e. The van der Waals surface area contributed by atoms with Gasteiger partial charge in [-0.2, -0.15) is 5.26 Å². The van der Waals surface area contributed by atoms with Crippen molar-refractivity contribution < 1.29 is 23.7 Å². The summed E-state index contributed by atoms with van der Waals surface area (Å²) in [5.74, 6) is 0.0692. The Morgan fingerprint density at radius 2 is 1.79 bits per heavy atom. The molecule has 14 nitrogen and oxygen atoms in total. The van der Waals surface area contributed by atoms with E-state index in [1.165, 1.54) is 23.9 Å². The summed E-state index contributed by atoms with van der Waals surface area (Å²) in [6.45, 7) is 3.83. The van der Waals surface area contributed by atoms with E-state index in [2.05, 4.69) is 25.9 Å². The van der Waals surface area contributed by atoms with E-state index in [-0.39, 0.29) is 22.3 Å². The van der Waals surface area contributed by atoms with Gasteiger partial charge in [0.15, 0.2) is 0 Å². The normalized spacial score (nSPS) is 11.9. The van der Waals surface area contributed by atoms with Crippen LogP contribution >= 0.6 is 7.82 Å². The summed E-state index contributed by atoms with van der Waals surface area (Å²) in [4.78, 5) is 70.4. The van der Waals surface area contributed by atoms with Crippen LogP contribution in [0.15, 0.2) is 70.5 Å². The highest BCUT2D eigenvalue weighted by molar-refractivity contribution is 7.46. The highest BCUT2D eigenvalue weighted by Gasteiger charge is 2.23. The van der Waals surface area contributed by atoms with E-state index in [0.29, 0.717) is 38.4 Å². The third-order valence-corrected chi connectivity index (χ3v) is 7.10. The van der Waals surface area contributed by atoms with E-state index >= 15 is 0 Å². The minimum absolute atomic E-state index is 0.0633. The number of nitrogens with zero attached hydrogens (tertiary/aromatic N) is 6. The molecular formula is C28H24N7O7P. The van der Waals surface area contributed by atoms with E-state index < -0.39 is 31.2 Å². The monoisotopic (exact) mass is 601 g/mol. The number of phosphoric ester groups is 1. The number of amides is 1. The number of carbonyl (C=O) groups is 1. The molecule has 0 aliphatic rings. The summed E-state index contributed by atoms with van der Waals surface area (Å²) in [6, 6.07) is 15.4. The van der Waals surface area contributed by atoms with Crippen molar-refractivity contribution in [2.24, 2.45) is 0 Å². The van der Waals surface area contributed by atoms with Crippen molar-refractivity contribution in [3.63, 3.8) is 0 Å². The lowest BCUT2D eigenvalue weighted by Gasteiger charge is -2.18. The van der Waals surface area contributed by atoms with Gasteiger partial charge >= 0.3 is 13.5 Å². The lowest BCUT2D eigenvalue weighted by Crippen LogP contribution is -2.40. The van der Waals surface area contributed by atoms with Crippen LogP contribution in [-0.2, 0) is 26.0 Å². The number of carbonyl (C=O) groups excluding carboxylic acids is 1. The fourth-order valence-electron chi connectivity index (χ4n) is 4.42. The average Bonchev–Trinajstić information content (AvgIpc) is 2.96. The zero-order valence-electron chi connectivity index (χ0n) is 23.0. The molecule has 3 N–H and O–H groups in total. The van der Waals surface area contributed by atoms with Crippen molar-refractivity contribution in [3.8, 4) is 23.0 Å². The molecule has 0 radical (unpaired) electrons. The highest BCUT2D eigenvalue weighted by atomic mass is 31.2. The average molecular weight is 602 g/mol. The molecule has 0 unspecified atom stereocenters. The molecule has 15 heteroatoms. The number of fused-ring (bicyclic) bond motifs is 3. The van der Waals surface area contributed by atoms with Gasteiger partial charge in [-0.15, -0.1) is 0 Å². The van der Waals surface area contributed by atoms with Gasteiger partial charge in [-0.1, -0.05) is 12.1 Å². The smallest absolute Gasteiger partial charge is 0.311 e. The maximum absolute atomic E-state index is 13.8. The van der Waals surface area contributed by atoms with E-state index in [4.69, 9.17) is 4.98 Å². The number of hydrogen-bond acceptors (Lipinski definition) is 9. The summed E-state index contributed by atoms with van der Waals surface area (Å²) in [5, 5.41) is 12.1. The number of pyridine rings is 3. The predicted molar refractivity (Wildman–Crippen MR) is 156 cm³/mol. The molecule has 0 saturated carbocycles. The molecule has 0 fully saturated rings. The van der Waals surface area contributed by atoms with Crippen LogP contribution in [0.4, 0.5) is 5.82 Å². The molecule has 5 rings (SSSR count). The molecule has 0 spiro atoms. The van der Waals surface area contributed by atoms with Crippen molar-refractivity contribution in [2.75, 3.05) is 5.32 Å². The first kappa shape index (κ1) is 29.4. The maximum atomic E-state index is 13.8. The van der Waals surface area contributed by atoms with Crippen LogP contribution in [0.2, 0.25) is 0 Å². The molecule has 0 bridgehead atoms. The molecular weight excluding hydrogens is 577 g/mol. The Morgan fingerprint density at radius 3 is 2.40 bits per heavy atom. The van der Waals surface area contributed by atoms with Gasteiger partial charge in [0, 0.05) is 24.9 Å². The summed E-state index contributed by atoms with van der Waals surface area (Å²) in [6.07, 6.45) is 2.76. The van der Waals surface area contributed by atoms with Crippen molar-refractivity contribution in [1.82, 2.24) is 24.1 Å². The molecule has 1 aromatic carbocycles. The van der Waals surface area contributed by atoms with Crippen LogP contribution in [0.5, 0.6) is 0 Å². The van der Waals surface area contributed by atoms with Gasteiger partial charge in [-0.3, -0.25) is 23.7 Å². The Kier molecular flexibility index (Phi) is 7.51. The molecule has 5 aromatic rings. The SMILES string of the molecule is CC(=O)Nc1ccc(-c2ccc3ncc4c(=O)n(COP(=O)(O)O)c(=O)n(-c5ccc(C(C)(C)C#N)cc5)c4c3n2)cn1. The lowest BCUT2D eigenvalue weighted by molar-refractivity contribution is -0.114. The fraction of sp³-hybridized carbons (Fsp3) is 0.179. The molecule has 0 aliphatic carbocycles. The number of aromatic nitrogens is 5. The molecule has 218 valence electrons. The maximum Gasteiger partial charge on any atom is 0.471 e. The second-order valence-corrected chi connectivity index (χ2v) is 11.3. The third kappa shape index (κ3) is 5.83. The minimum atomic E-state index is -5.03. The molecule has 0 saturated heterocycles. The van der Waals surface area contributed by atoms with E-state index in [9.17, 15) is 34.0 Å². The number of rotatable bonds is 7. The summed E-state index contributed by atoms with van der Waals surface area (Å²) < 4.78 is 17.6. The Morgan fingerprint density at radius 1 is 1.07 bits per heavy atom. The first-order chi connectivity index (χ1) is 20.3. The first-order valence-corrected chi connectivity index (χ1v) is 14.2. The van der Waals surface area contributed by atoms with Crippen molar-refractivity contribution >= 4 is 41.5 Å². The largest absolute Gasteiger partial charge is 0.471 e. The Hall–Kier alpha value is -5.06. The number of nitriles is 1. The number of hydrogen-bond donors (Lipinski definition) is 3. The molecule has 0 atom stereocenters. The third-order valence-electron chi connectivity index (χ3n) is 6.65. The van der Waals surface area contributed by atoms with E-state index in [1.807, 2.05) is 0 Å². The van der Waals surface area contributed by atoms with E-state index in [1.54, 1.807) is 62.4 Å². The van der Waals surface area contributed by atoms with Crippen LogP contribution in [0.1, 0.15) is 26.3 Å². The second-order valence-electron chi connectivity index (χ2n) is 10.1. The number of phosphoric acid groups is 1. The number of nitrogens with one attached hydrogen (secondary N) is 1. The van der Waals surface area contributed by atoms with E-state index in [0.717, 1.165) is 0 Å². The van der Waals surface area contributed by atoms with Gasteiger partial charge in [-0.25, -0.2) is 23.9 Å². The molecule has 4 aromatic heterocycles. The lowest BCUT2D eigenvalue weighted by atomic mass is 9.86. The van der Waals surface area contributed by atoms with Crippen LogP contribution < -0.4 is 16.6 Å². The summed E-state index contributed by atoms with van der Waals surface area (Å²) >= 11 is 0. The number of anilines is 1. The van der Waals surface area contributed by atoms with Gasteiger partial charge in [-0.05, 0) is 55.8 Å². The van der Waals surface area contributed by atoms with Gasteiger partial charge in [0.1, 0.15) is 18.1 Å². The quantitative estimate of drug-likeness (QED) is 0.183. The second kappa shape index (κ2) is 11.0. The molecule has 43 heavy (non-hydrogen) atoms. The summed E-state index contributed by atoms with van der Waals surface area (Å²) in [7, 11) is -5.03. The number of benzene rings is 1. The van der Waals surface area contributed by atoms with Crippen LogP contribution in [-0.4, -0.2) is 39.8 Å². The van der Waals surface area contributed by atoms with Gasteiger partial charge in [0.2, 0.25) is 5.91 Å². The van der Waals surface area contributed by atoms with Crippen molar-refractivity contribution in [1.29, 1.82) is 5.26 Å². The van der Waals surface area contributed by atoms with Crippen LogP contribution in [0.3, 0.4) is 0 Å². The first-order valence-electron chi connectivity index (χ1n) is 12.7. The predicted octanol–water partition coefficient (Wildman–Crippen LogP) is 2.98. The van der Waals surface area contributed by atoms with Crippen LogP contribution in [0.25, 0.3) is 38.9 Å². The fourth-order valence-corrected chi connectivity index (χ4v) is 4.69. The summed E-state index contributed by atoms with van der Waals surface area (Å²) in [5.41, 5.74) is -0.0275. The van der Waals surface area contributed by atoms with Gasteiger partial charge < -0.3 is 15.1 Å². The standard InChI is InChI=1S/C28H24N7O7P/c1-16(36)32-23-11-4-17(12-31-23)21-9-10-22-24(33-21)25-20(13-30-22)26(37)34(15-42-43(39,40)41)27(38)35(25)19-7-5-18(6-8-19)28(2,3)14-29/h4-13H,15H2,1-3H3,(H,31,32,36)(H2,39,40,41). The zero-order valence-corrected chi connectivity index (χ0v) is 23.9. The highest BCUT2D eigenvalue weighted by Crippen LogP contribution is 2.36. The Labute approximate surface area is 243 Å².